The SMILES string of the molecule is C=C(Cc1ccccc1)NC(=O)[C@@H]1CNC[C@H]1c1ccc(C(F)(F)F)cc1. The van der Waals surface area contributed by atoms with Crippen LogP contribution in [0.2, 0.25) is 0 Å². The molecule has 27 heavy (non-hydrogen) atoms. The topological polar surface area (TPSA) is 41.1 Å². The van der Waals surface area contributed by atoms with Gasteiger partial charge in [-0.25, -0.2) is 0 Å². The smallest absolute Gasteiger partial charge is 0.330 e. The van der Waals surface area contributed by atoms with Gasteiger partial charge in [0.05, 0.1) is 11.5 Å². The van der Waals surface area contributed by atoms with Crippen molar-refractivity contribution in [1.82, 2.24) is 10.6 Å². The van der Waals surface area contributed by atoms with Gasteiger partial charge in [-0.2, -0.15) is 13.2 Å². The van der Waals surface area contributed by atoms with Crippen molar-refractivity contribution in [2.45, 2.75) is 18.5 Å². The highest BCUT2D eigenvalue weighted by Gasteiger charge is 2.35. The lowest BCUT2D eigenvalue weighted by Crippen LogP contribution is -2.34. The fraction of sp³-hybridized carbons (Fsp3) is 0.286. The molecule has 2 atom stereocenters. The van der Waals surface area contributed by atoms with E-state index in [0.29, 0.717) is 25.2 Å². The first-order chi connectivity index (χ1) is 12.8. The highest BCUT2D eigenvalue weighted by molar-refractivity contribution is 5.82. The number of alkyl halides is 3. The summed E-state index contributed by atoms with van der Waals surface area (Å²) in [4.78, 5) is 12.7. The van der Waals surface area contributed by atoms with E-state index in [-0.39, 0.29) is 17.7 Å². The Kier molecular flexibility index (Phi) is 5.65. The molecule has 1 saturated heterocycles. The van der Waals surface area contributed by atoms with E-state index in [9.17, 15) is 18.0 Å². The van der Waals surface area contributed by atoms with Crippen LogP contribution in [0.25, 0.3) is 0 Å². The zero-order chi connectivity index (χ0) is 19.4. The van der Waals surface area contributed by atoms with E-state index in [0.717, 1.165) is 23.3 Å². The van der Waals surface area contributed by atoms with Gasteiger partial charge in [0.15, 0.2) is 0 Å². The molecule has 1 aliphatic rings. The summed E-state index contributed by atoms with van der Waals surface area (Å²) >= 11 is 0. The summed E-state index contributed by atoms with van der Waals surface area (Å²) < 4.78 is 38.2. The molecule has 1 fully saturated rings. The molecule has 1 aliphatic heterocycles. The van der Waals surface area contributed by atoms with Gasteiger partial charge in [-0.3, -0.25) is 4.79 Å². The monoisotopic (exact) mass is 374 g/mol. The molecule has 2 aromatic rings. The molecule has 2 N–H and O–H groups in total. The van der Waals surface area contributed by atoms with E-state index in [2.05, 4.69) is 17.2 Å². The van der Waals surface area contributed by atoms with Crippen molar-refractivity contribution in [2.24, 2.45) is 5.92 Å². The quantitative estimate of drug-likeness (QED) is 0.834. The highest BCUT2D eigenvalue weighted by atomic mass is 19.4. The van der Waals surface area contributed by atoms with E-state index < -0.39 is 11.7 Å². The first-order valence-corrected chi connectivity index (χ1v) is 8.75. The van der Waals surface area contributed by atoms with Gasteiger partial charge >= 0.3 is 6.18 Å². The molecular weight excluding hydrogens is 353 g/mol. The molecule has 0 spiro atoms. The summed E-state index contributed by atoms with van der Waals surface area (Å²) in [5.74, 6) is -0.683. The molecule has 0 bridgehead atoms. The second-order valence-electron chi connectivity index (χ2n) is 6.75. The molecule has 0 aliphatic carbocycles. The van der Waals surface area contributed by atoms with E-state index in [1.165, 1.54) is 12.1 Å². The fourth-order valence-corrected chi connectivity index (χ4v) is 3.38. The summed E-state index contributed by atoms with van der Waals surface area (Å²) in [6, 6.07) is 14.7. The van der Waals surface area contributed by atoms with Crippen LogP contribution in [-0.2, 0) is 17.4 Å². The van der Waals surface area contributed by atoms with E-state index in [1.807, 2.05) is 30.3 Å². The van der Waals surface area contributed by atoms with Crippen LogP contribution in [0.15, 0.2) is 66.9 Å². The highest BCUT2D eigenvalue weighted by Crippen LogP contribution is 2.33. The predicted molar refractivity (Wildman–Crippen MR) is 98.0 cm³/mol. The van der Waals surface area contributed by atoms with Gasteiger partial charge in [0.25, 0.3) is 0 Å². The molecule has 1 heterocycles. The maximum atomic E-state index is 12.7. The molecule has 142 valence electrons. The molecular formula is C21H21F3N2O. The van der Waals surface area contributed by atoms with Crippen LogP contribution < -0.4 is 10.6 Å². The second-order valence-corrected chi connectivity index (χ2v) is 6.75. The average molecular weight is 374 g/mol. The molecule has 6 heteroatoms. The van der Waals surface area contributed by atoms with Crippen molar-refractivity contribution >= 4 is 5.91 Å². The largest absolute Gasteiger partial charge is 0.416 e. The second kappa shape index (κ2) is 7.96. The predicted octanol–water partition coefficient (Wildman–Crippen LogP) is 3.88. The standard InChI is InChI=1S/C21H21F3N2O/c1-14(11-15-5-3-2-4-6-15)26-20(27)19-13-25-12-18(19)16-7-9-17(10-8-16)21(22,23)24/h2-10,18-19,25H,1,11-13H2,(H,26,27)/t18-,19+/m0/s1. The minimum Gasteiger partial charge on any atom is -0.330 e. The molecule has 0 unspecified atom stereocenters. The van der Waals surface area contributed by atoms with E-state index in [1.54, 1.807) is 0 Å². The summed E-state index contributed by atoms with van der Waals surface area (Å²) in [5.41, 5.74) is 1.69. The van der Waals surface area contributed by atoms with Gasteiger partial charge in [-0.05, 0) is 23.3 Å². The Morgan fingerprint density at radius 2 is 1.74 bits per heavy atom. The van der Waals surface area contributed by atoms with Crippen molar-refractivity contribution in [2.75, 3.05) is 13.1 Å². The van der Waals surface area contributed by atoms with Crippen LogP contribution in [0, 0.1) is 5.92 Å². The summed E-state index contributed by atoms with van der Waals surface area (Å²) in [6.45, 7) is 4.95. The lowest BCUT2D eigenvalue weighted by molar-refractivity contribution is -0.137. The third kappa shape index (κ3) is 4.77. The van der Waals surface area contributed by atoms with Gasteiger partial charge in [0.1, 0.15) is 0 Å². The minimum absolute atomic E-state index is 0.161. The first-order valence-electron chi connectivity index (χ1n) is 8.75. The molecule has 0 saturated carbocycles. The average Bonchev–Trinajstić information content (AvgIpc) is 3.12. The molecule has 2 aromatic carbocycles. The fourth-order valence-electron chi connectivity index (χ4n) is 3.38. The number of carbonyl (C=O) groups is 1. The van der Waals surface area contributed by atoms with Crippen molar-refractivity contribution in [3.63, 3.8) is 0 Å². The Balaban J connectivity index is 1.65. The number of hydrogen-bond donors (Lipinski definition) is 2. The number of halogens is 3. The van der Waals surface area contributed by atoms with Gasteiger partial charge in [0.2, 0.25) is 5.91 Å². The number of benzene rings is 2. The van der Waals surface area contributed by atoms with Crippen LogP contribution in [-0.4, -0.2) is 19.0 Å². The number of allylic oxidation sites excluding steroid dienone is 1. The van der Waals surface area contributed by atoms with Crippen LogP contribution in [0.1, 0.15) is 22.6 Å². The third-order valence-electron chi connectivity index (χ3n) is 4.78. The lowest BCUT2D eigenvalue weighted by atomic mass is 9.87. The maximum absolute atomic E-state index is 12.7. The number of carbonyl (C=O) groups excluding carboxylic acids is 1. The van der Waals surface area contributed by atoms with Gasteiger partial charge < -0.3 is 10.6 Å². The van der Waals surface area contributed by atoms with Crippen molar-refractivity contribution in [3.8, 4) is 0 Å². The maximum Gasteiger partial charge on any atom is 0.416 e. The first kappa shape index (κ1) is 19.2. The molecule has 3 nitrogen and oxygen atoms in total. The van der Waals surface area contributed by atoms with E-state index in [4.69, 9.17) is 0 Å². The van der Waals surface area contributed by atoms with Crippen LogP contribution >= 0.6 is 0 Å². The van der Waals surface area contributed by atoms with Crippen LogP contribution in [0.3, 0.4) is 0 Å². The van der Waals surface area contributed by atoms with Gasteiger partial charge in [-0.15, -0.1) is 0 Å². The molecule has 3 rings (SSSR count). The minimum atomic E-state index is -4.36. The molecule has 0 aromatic heterocycles. The zero-order valence-corrected chi connectivity index (χ0v) is 14.7. The van der Waals surface area contributed by atoms with E-state index >= 15 is 0 Å². The number of nitrogens with one attached hydrogen (secondary N) is 2. The Bertz CT molecular complexity index is 800. The van der Waals surface area contributed by atoms with Crippen LogP contribution in [0.4, 0.5) is 13.2 Å². The van der Waals surface area contributed by atoms with Crippen molar-refractivity contribution in [3.05, 3.63) is 83.6 Å². The molecule has 0 radical (unpaired) electrons. The normalized spacial score (nSPS) is 19.7. The third-order valence-corrected chi connectivity index (χ3v) is 4.78. The van der Waals surface area contributed by atoms with Crippen molar-refractivity contribution < 1.29 is 18.0 Å². The number of amides is 1. The van der Waals surface area contributed by atoms with Gasteiger partial charge in [-0.1, -0.05) is 49.0 Å². The van der Waals surface area contributed by atoms with Crippen LogP contribution in [0.5, 0.6) is 0 Å². The Morgan fingerprint density at radius 3 is 2.37 bits per heavy atom. The summed E-state index contributed by atoms with van der Waals surface area (Å²) in [5, 5.41) is 6.01. The Hall–Kier alpha value is -2.60. The summed E-state index contributed by atoms with van der Waals surface area (Å²) in [6.07, 6.45) is -3.82. The summed E-state index contributed by atoms with van der Waals surface area (Å²) in [7, 11) is 0. The Labute approximate surface area is 156 Å². The molecule has 1 amide bonds. The van der Waals surface area contributed by atoms with Gasteiger partial charge in [0, 0.05) is 31.1 Å². The number of rotatable bonds is 5. The van der Waals surface area contributed by atoms with Crippen molar-refractivity contribution in [1.29, 1.82) is 0 Å². The number of hydrogen-bond acceptors (Lipinski definition) is 2. The Morgan fingerprint density at radius 1 is 1.07 bits per heavy atom. The lowest BCUT2D eigenvalue weighted by Gasteiger charge is -2.20. The zero-order valence-electron chi connectivity index (χ0n) is 14.7.